The molecule has 0 aromatic heterocycles. The third-order valence-electron chi connectivity index (χ3n) is 4.56. The molecule has 1 heterocycles. The Morgan fingerprint density at radius 1 is 1.03 bits per heavy atom. The van der Waals surface area contributed by atoms with E-state index in [0.717, 1.165) is 49.1 Å². The lowest BCUT2D eigenvalue weighted by atomic mass is 10.3. The number of quaternary nitrogens is 2. The molecule has 1 aliphatic heterocycles. The van der Waals surface area contributed by atoms with Crippen molar-refractivity contribution in [3.05, 3.63) is 24.3 Å². The molecule has 0 radical (unpaired) electrons. The zero-order valence-corrected chi connectivity index (χ0v) is 16.2. The third-order valence-corrected chi connectivity index (χ3v) is 4.56. The minimum absolute atomic E-state index is 0.0507. The van der Waals surface area contributed by atoms with Gasteiger partial charge in [0.05, 0.1) is 7.11 Å². The van der Waals surface area contributed by atoms with E-state index in [1.807, 2.05) is 29.6 Å². The number of hydrogen-bond acceptors (Lipinski definition) is 4. The van der Waals surface area contributed by atoms with E-state index in [-0.39, 0.29) is 6.54 Å². The second kappa shape index (κ2) is 10.9. The van der Waals surface area contributed by atoms with Gasteiger partial charge >= 0.3 is 12.2 Å². The van der Waals surface area contributed by atoms with Gasteiger partial charge in [-0.15, -0.1) is 0 Å². The maximum absolute atomic E-state index is 12.0. The maximum atomic E-state index is 12.0. The van der Waals surface area contributed by atoms with Gasteiger partial charge in [-0.3, -0.25) is 10.1 Å². The Labute approximate surface area is 166 Å². The molecule has 0 unspecified atom stereocenters. The van der Waals surface area contributed by atoms with Crippen molar-refractivity contribution in [2.24, 2.45) is 0 Å². The molecule has 2 rings (SSSR count). The number of piperazine rings is 1. The first-order valence-electron chi connectivity index (χ1n) is 9.33. The number of carbonyl (C=O) groups is 2. The number of ether oxygens (including phenoxy) is 2. The number of methoxy groups -OCH3 is 1. The third kappa shape index (κ3) is 9.01. The molecule has 1 saturated heterocycles. The van der Waals surface area contributed by atoms with Crippen LogP contribution in [0.5, 0.6) is 11.5 Å². The van der Waals surface area contributed by atoms with E-state index in [1.165, 1.54) is 4.90 Å². The second-order valence-corrected chi connectivity index (χ2v) is 6.80. The SMILES string of the molecule is COc1ccc(OCC[NH+]2CC[NH+](CC(=O)NC(=O)NCC(F)(F)F)CC2)cc1. The average Bonchev–Trinajstić information content (AvgIpc) is 2.68. The number of carbonyl (C=O) groups excluding carboxylic acids is 2. The summed E-state index contributed by atoms with van der Waals surface area (Å²) in [6, 6.07) is 6.23. The Kier molecular flexibility index (Phi) is 8.52. The number of urea groups is 1. The summed E-state index contributed by atoms with van der Waals surface area (Å²) >= 11 is 0. The fourth-order valence-corrected chi connectivity index (χ4v) is 2.99. The molecular weight excluding hydrogens is 393 g/mol. The Hall–Kier alpha value is -2.53. The van der Waals surface area contributed by atoms with Gasteiger partial charge in [0.1, 0.15) is 57.4 Å². The first-order chi connectivity index (χ1) is 13.7. The van der Waals surface area contributed by atoms with Gasteiger partial charge in [0.25, 0.3) is 5.91 Å². The number of hydrogen-bond donors (Lipinski definition) is 4. The van der Waals surface area contributed by atoms with Crippen LogP contribution in [0.4, 0.5) is 18.0 Å². The van der Waals surface area contributed by atoms with Gasteiger partial charge in [-0.05, 0) is 24.3 Å². The standard InChI is InChI=1S/C18H25F3N4O4/c1-28-14-2-4-15(5-3-14)29-11-10-24-6-8-25(9-7-24)12-16(26)23-17(27)22-13-18(19,20)21/h2-5H,6-13H2,1H3,(H2,22,23,26,27)/p+2. The van der Waals surface area contributed by atoms with E-state index in [9.17, 15) is 22.8 Å². The molecule has 1 fully saturated rings. The Balaban J connectivity index is 1.59. The average molecular weight is 420 g/mol. The monoisotopic (exact) mass is 420 g/mol. The van der Waals surface area contributed by atoms with Crippen LogP contribution in [0.2, 0.25) is 0 Å². The molecule has 4 N–H and O–H groups in total. The molecule has 1 aromatic rings. The molecule has 1 aliphatic rings. The van der Waals surface area contributed by atoms with Gasteiger partial charge in [0, 0.05) is 0 Å². The minimum Gasteiger partial charge on any atom is -0.497 e. The van der Waals surface area contributed by atoms with Gasteiger partial charge in [0.2, 0.25) is 0 Å². The number of benzene rings is 1. The first-order valence-corrected chi connectivity index (χ1v) is 9.33. The van der Waals surface area contributed by atoms with Crippen molar-refractivity contribution in [3.63, 3.8) is 0 Å². The predicted octanol–water partition coefficient (Wildman–Crippen LogP) is -1.75. The van der Waals surface area contributed by atoms with E-state index in [1.54, 1.807) is 12.4 Å². The largest absolute Gasteiger partial charge is 0.497 e. The Bertz CT molecular complexity index is 662. The highest BCUT2D eigenvalue weighted by Gasteiger charge is 2.29. The number of imide groups is 1. The van der Waals surface area contributed by atoms with Crippen LogP contribution in [0.15, 0.2) is 24.3 Å². The van der Waals surface area contributed by atoms with Crippen molar-refractivity contribution in [1.29, 1.82) is 0 Å². The van der Waals surface area contributed by atoms with Crippen molar-refractivity contribution in [2.75, 3.05) is 59.5 Å². The molecule has 29 heavy (non-hydrogen) atoms. The lowest BCUT2D eigenvalue weighted by molar-refractivity contribution is -1.01. The smallest absolute Gasteiger partial charge is 0.405 e. The van der Waals surface area contributed by atoms with Gasteiger partial charge in [-0.1, -0.05) is 0 Å². The van der Waals surface area contributed by atoms with E-state index in [4.69, 9.17) is 9.47 Å². The summed E-state index contributed by atoms with van der Waals surface area (Å²) in [5, 5.41) is 3.54. The molecule has 0 saturated carbocycles. The highest BCUT2D eigenvalue weighted by Crippen LogP contribution is 2.16. The number of nitrogens with one attached hydrogen (secondary N) is 4. The molecule has 3 amide bonds. The quantitative estimate of drug-likeness (QED) is 0.402. The summed E-state index contributed by atoms with van der Waals surface area (Å²) in [5.41, 5.74) is 0. The van der Waals surface area contributed by atoms with Gasteiger partial charge in [0.15, 0.2) is 6.54 Å². The summed E-state index contributed by atoms with van der Waals surface area (Å²) in [4.78, 5) is 25.4. The predicted molar refractivity (Wildman–Crippen MR) is 97.2 cm³/mol. The summed E-state index contributed by atoms with van der Waals surface area (Å²) < 4.78 is 46.9. The van der Waals surface area contributed by atoms with Crippen LogP contribution in [0.3, 0.4) is 0 Å². The molecule has 0 spiro atoms. The van der Waals surface area contributed by atoms with E-state index in [0.29, 0.717) is 6.61 Å². The second-order valence-electron chi connectivity index (χ2n) is 6.80. The molecule has 11 heteroatoms. The molecule has 162 valence electrons. The number of amides is 3. The van der Waals surface area contributed by atoms with E-state index in [2.05, 4.69) is 0 Å². The lowest BCUT2D eigenvalue weighted by Crippen LogP contribution is -3.28. The van der Waals surface area contributed by atoms with Crippen LogP contribution >= 0.6 is 0 Å². The fraction of sp³-hybridized carbons (Fsp3) is 0.556. The van der Waals surface area contributed by atoms with Gasteiger partial charge in [-0.2, -0.15) is 13.2 Å². The van der Waals surface area contributed by atoms with Gasteiger partial charge < -0.3 is 24.6 Å². The summed E-state index contributed by atoms with van der Waals surface area (Å²) in [7, 11) is 1.60. The zero-order valence-electron chi connectivity index (χ0n) is 16.2. The summed E-state index contributed by atoms with van der Waals surface area (Å²) in [6.45, 7) is 3.12. The van der Waals surface area contributed by atoms with Crippen LogP contribution < -0.4 is 29.9 Å². The van der Waals surface area contributed by atoms with Crippen molar-refractivity contribution in [2.45, 2.75) is 6.18 Å². The molecule has 0 bridgehead atoms. The van der Waals surface area contributed by atoms with Crippen LogP contribution in [-0.2, 0) is 4.79 Å². The van der Waals surface area contributed by atoms with Crippen LogP contribution in [0, 0.1) is 0 Å². The molecule has 0 aliphatic carbocycles. The zero-order chi connectivity index (χ0) is 21.3. The first kappa shape index (κ1) is 22.8. The molecule has 0 atom stereocenters. The summed E-state index contributed by atoms with van der Waals surface area (Å²) in [5.74, 6) is 0.949. The molecule has 1 aromatic carbocycles. The normalized spacial score (nSPS) is 19.3. The molecular formula is C18H27F3N4O4+2. The number of halogens is 3. The van der Waals surface area contributed by atoms with Crippen molar-refractivity contribution < 1.29 is 42.0 Å². The highest BCUT2D eigenvalue weighted by molar-refractivity contribution is 5.94. The number of rotatable bonds is 8. The van der Waals surface area contributed by atoms with E-state index >= 15 is 0 Å². The minimum atomic E-state index is -4.51. The van der Waals surface area contributed by atoms with Crippen LogP contribution in [0.1, 0.15) is 0 Å². The summed E-state index contributed by atoms with van der Waals surface area (Å²) in [6.07, 6.45) is -4.51. The lowest BCUT2D eigenvalue weighted by Gasteiger charge is -2.29. The topological polar surface area (TPSA) is 85.5 Å². The van der Waals surface area contributed by atoms with Crippen LogP contribution in [-0.4, -0.2) is 77.6 Å². The van der Waals surface area contributed by atoms with Crippen molar-refractivity contribution >= 4 is 11.9 Å². The van der Waals surface area contributed by atoms with Crippen molar-refractivity contribution in [1.82, 2.24) is 10.6 Å². The van der Waals surface area contributed by atoms with E-state index < -0.39 is 24.7 Å². The van der Waals surface area contributed by atoms with Gasteiger partial charge in [-0.25, -0.2) is 4.79 Å². The molecule has 8 nitrogen and oxygen atoms in total. The maximum Gasteiger partial charge on any atom is 0.405 e. The van der Waals surface area contributed by atoms with Crippen molar-refractivity contribution in [3.8, 4) is 11.5 Å². The van der Waals surface area contributed by atoms with Crippen LogP contribution in [0.25, 0.3) is 0 Å². The number of alkyl halides is 3. The Morgan fingerprint density at radius 2 is 1.62 bits per heavy atom. The highest BCUT2D eigenvalue weighted by atomic mass is 19.4. The Morgan fingerprint density at radius 3 is 2.21 bits per heavy atom. The fourth-order valence-electron chi connectivity index (χ4n) is 2.99.